The molecule has 76 valence electrons. The summed E-state index contributed by atoms with van der Waals surface area (Å²) in [4.78, 5) is 12.9. The first-order valence-electron chi connectivity index (χ1n) is 4.91. The minimum absolute atomic E-state index is 0.0132. The fraction of sp³-hybridized carbons (Fsp3) is 0.333. The number of rotatable bonds is 0. The van der Waals surface area contributed by atoms with Gasteiger partial charge in [-0.1, -0.05) is 26.8 Å². The first-order chi connectivity index (χ1) is 7.07. The molecule has 1 aromatic rings. The topological polar surface area (TPSA) is 38.1 Å². The van der Waals surface area contributed by atoms with Gasteiger partial charge in [0.15, 0.2) is 5.82 Å². The normalized spacial score (nSPS) is 13.8. The summed E-state index contributed by atoms with van der Waals surface area (Å²) >= 11 is 0. The van der Waals surface area contributed by atoms with Gasteiger partial charge in [0.2, 0.25) is 0 Å². The van der Waals surface area contributed by atoms with Crippen molar-refractivity contribution in [3.63, 3.8) is 0 Å². The summed E-state index contributed by atoms with van der Waals surface area (Å²) in [5.41, 5.74) is 1.80. The van der Waals surface area contributed by atoms with Gasteiger partial charge in [0.1, 0.15) is 5.69 Å². The predicted octanol–water partition coefficient (Wildman–Crippen LogP) is 2.66. The van der Waals surface area contributed by atoms with Gasteiger partial charge in [0.25, 0.3) is 0 Å². The molecular formula is C12H13N3. The summed E-state index contributed by atoms with van der Waals surface area (Å²) in [6.45, 7) is 6.35. The molecule has 0 atom stereocenters. The number of nitrogens with zero attached hydrogens (tertiary/aromatic N) is 3. The lowest BCUT2D eigenvalue weighted by Crippen LogP contribution is -2.14. The van der Waals surface area contributed by atoms with E-state index in [0.29, 0.717) is 5.82 Å². The fourth-order valence-corrected chi connectivity index (χ4v) is 1.24. The van der Waals surface area contributed by atoms with Crippen LogP contribution in [0.5, 0.6) is 0 Å². The van der Waals surface area contributed by atoms with Crippen molar-refractivity contribution in [2.45, 2.75) is 26.2 Å². The zero-order valence-electron chi connectivity index (χ0n) is 9.15. The number of aromatic nitrogens is 2. The summed E-state index contributed by atoms with van der Waals surface area (Å²) in [6, 6.07) is 0. The maximum atomic E-state index is 4.54. The quantitative estimate of drug-likeness (QED) is 0.644. The molecule has 3 nitrogen and oxygen atoms in total. The van der Waals surface area contributed by atoms with E-state index >= 15 is 0 Å². The van der Waals surface area contributed by atoms with Crippen LogP contribution in [0.4, 0.5) is 5.82 Å². The van der Waals surface area contributed by atoms with Crippen molar-refractivity contribution in [1.82, 2.24) is 9.97 Å². The van der Waals surface area contributed by atoms with Crippen LogP contribution in [0, 0.1) is 0 Å². The van der Waals surface area contributed by atoms with Crippen LogP contribution in [-0.4, -0.2) is 15.8 Å². The molecular weight excluding hydrogens is 186 g/mol. The minimum atomic E-state index is 0.0132. The molecule has 0 amide bonds. The third kappa shape index (κ3) is 2.03. The Balaban J connectivity index is 2.54. The predicted molar refractivity (Wildman–Crippen MR) is 61.4 cm³/mol. The zero-order valence-corrected chi connectivity index (χ0v) is 9.15. The van der Waals surface area contributed by atoms with E-state index in [1.54, 1.807) is 12.3 Å². The molecule has 0 N–H and O–H groups in total. The number of aliphatic imine (C=N–C) groups is 1. The van der Waals surface area contributed by atoms with Crippen LogP contribution in [0.1, 0.15) is 32.2 Å². The molecule has 0 radical (unpaired) electrons. The molecule has 1 aliphatic rings. The van der Waals surface area contributed by atoms with Gasteiger partial charge in [-0.05, 0) is 18.0 Å². The van der Waals surface area contributed by atoms with E-state index in [0.717, 1.165) is 11.4 Å². The Labute approximate surface area is 89.3 Å². The van der Waals surface area contributed by atoms with Gasteiger partial charge in [-0.3, -0.25) is 0 Å². The molecule has 0 aromatic carbocycles. The Bertz CT molecular complexity index is 472. The van der Waals surface area contributed by atoms with Crippen molar-refractivity contribution in [2.75, 3.05) is 0 Å². The Morgan fingerprint density at radius 1 is 1.27 bits per heavy atom. The maximum Gasteiger partial charge on any atom is 0.187 e. The van der Waals surface area contributed by atoms with Gasteiger partial charge in [-0.2, -0.15) is 4.99 Å². The molecule has 0 saturated carbocycles. The molecule has 2 heterocycles. The first-order valence-corrected chi connectivity index (χ1v) is 4.91. The maximum absolute atomic E-state index is 4.54. The number of hydrogen-bond acceptors (Lipinski definition) is 3. The second-order valence-corrected chi connectivity index (χ2v) is 4.48. The summed E-state index contributed by atoms with van der Waals surface area (Å²) in [5.74, 6) is 3.40. The van der Waals surface area contributed by atoms with E-state index in [2.05, 4.69) is 41.6 Å². The number of allylic oxidation sites excluding steroid dienone is 2. The average Bonchev–Trinajstić information content (AvgIpc) is 2.39. The Morgan fingerprint density at radius 3 is 2.80 bits per heavy atom. The van der Waals surface area contributed by atoms with E-state index in [-0.39, 0.29) is 5.41 Å². The van der Waals surface area contributed by atoms with Crippen molar-refractivity contribution in [3.05, 3.63) is 29.7 Å². The Hall–Kier alpha value is -1.73. The average molecular weight is 199 g/mol. The highest BCUT2D eigenvalue weighted by Crippen LogP contribution is 2.23. The number of hydrogen-bond donors (Lipinski definition) is 0. The van der Waals surface area contributed by atoms with Gasteiger partial charge < -0.3 is 0 Å². The van der Waals surface area contributed by atoms with Crippen LogP contribution < -0.4 is 0 Å². The lowest BCUT2D eigenvalue weighted by atomic mass is 9.92. The monoisotopic (exact) mass is 199 g/mol. The van der Waals surface area contributed by atoms with Crippen LogP contribution >= 0.6 is 0 Å². The van der Waals surface area contributed by atoms with Crippen molar-refractivity contribution in [2.24, 2.45) is 4.99 Å². The third-order valence-electron chi connectivity index (χ3n) is 2.14. The van der Waals surface area contributed by atoms with E-state index in [1.807, 2.05) is 12.2 Å². The summed E-state index contributed by atoms with van der Waals surface area (Å²) in [7, 11) is 0. The van der Waals surface area contributed by atoms with E-state index in [4.69, 9.17) is 0 Å². The SMILES string of the molecule is CC(C)(C)c1cnc2c(n1)C=CC=C=N2. The zero-order chi connectivity index (χ0) is 10.9. The van der Waals surface area contributed by atoms with Crippen LogP contribution in [-0.2, 0) is 5.41 Å². The van der Waals surface area contributed by atoms with Gasteiger partial charge in [-0.15, -0.1) is 0 Å². The lowest BCUT2D eigenvalue weighted by Gasteiger charge is -2.17. The fourth-order valence-electron chi connectivity index (χ4n) is 1.24. The van der Waals surface area contributed by atoms with Crippen LogP contribution in [0.15, 0.2) is 23.3 Å². The minimum Gasteiger partial charge on any atom is -0.247 e. The summed E-state index contributed by atoms with van der Waals surface area (Å²) < 4.78 is 0. The van der Waals surface area contributed by atoms with Crippen molar-refractivity contribution in [1.29, 1.82) is 0 Å². The summed E-state index contributed by atoms with van der Waals surface area (Å²) in [6.07, 6.45) is 7.31. The Morgan fingerprint density at radius 2 is 2.07 bits per heavy atom. The van der Waals surface area contributed by atoms with Crippen LogP contribution in [0.3, 0.4) is 0 Å². The first kappa shape index (κ1) is 9.81. The van der Waals surface area contributed by atoms with E-state index in [1.165, 1.54) is 0 Å². The van der Waals surface area contributed by atoms with Gasteiger partial charge in [0, 0.05) is 5.41 Å². The molecule has 0 fully saturated rings. The van der Waals surface area contributed by atoms with Gasteiger partial charge in [0.05, 0.1) is 11.9 Å². The third-order valence-corrected chi connectivity index (χ3v) is 2.14. The molecule has 1 aromatic heterocycles. The van der Waals surface area contributed by atoms with Crippen LogP contribution in [0.25, 0.3) is 6.08 Å². The van der Waals surface area contributed by atoms with Gasteiger partial charge in [-0.25, -0.2) is 9.97 Å². The molecule has 3 heteroatoms. The highest BCUT2D eigenvalue weighted by atomic mass is 14.9. The second kappa shape index (κ2) is 3.44. The van der Waals surface area contributed by atoms with Gasteiger partial charge >= 0.3 is 0 Å². The molecule has 2 rings (SSSR count). The standard InChI is InChI=1S/C12H13N3/c1-12(2,3)10-8-14-11-9(15-10)6-4-5-7-13-11/h4-6,8H,1-3H3. The van der Waals surface area contributed by atoms with E-state index < -0.39 is 0 Å². The highest BCUT2D eigenvalue weighted by Gasteiger charge is 2.17. The molecule has 15 heavy (non-hydrogen) atoms. The Kier molecular flexibility index (Phi) is 2.25. The molecule has 0 unspecified atom stereocenters. The second-order valence-electron chi connectivity index (χ2n) is 4.48. The van der Waals surface area contributed by atoms with Crippen molar-refractivity contribution >= 4 is 17.8 Å². The highest BCUT2D eigenvalue weighted by molar-refractivity contribution is 5.70. The molecule has 0 bridgehead atoms. The van der Waals surface area contributed by atoms with Crippen molar-refractivity contribution in [3.8, 4) is 0 Å². The lowest BCUT2D eigenvalue weighted by molar-refractivity contribution is 0.565. The van der Waals surface area contributed by atoms with Crippen LogP contribution in [0.2, 0.25) is 0 Å². The molecule has 0 saturated heterocycles. The van der Waals surface area contributed by atoms with E-state index in [9.17, 15) is 0 Å². The van der Waals surface area contributed by atoms with Crippen molar-refractivity contribution < 1.29 is 0 Å². The largest absolute Gasteiger partial charge is 0.247 e. The molecule has 0 aliphatic carbocycles. The number of fused-ring (bicyclic) bond motifs is 1. The smallest absolute Gasteiger partial charge is 0.187 e. The molecule has 1 aliphatic heterocycles. The summed E-state index contributed by atoms with van der Waals surface area (Å²) in [5, 5.41) is 0. The molecule has 0 spiro atoms.